The standard InChI is InChI=1S/2C17H15.C2H6Si.2ClH.Zr/c2*1-13-11-15-9-5-6-10-16(17(15)12-13)14-7-3-2-4-8-14;1-3-2;;;/h2*2-12,16H,1H3;1-2H3;2*1H;/q2*-1;;;;+2/p-2. The van der Waals surface area contributed by atoms with Gasteiger partial charge in [0.15, 0.2) is 0 Å². The van der Waals surface area contributed by atoms with Crippen molar-refractivity contribution in [2.75, 3.05) is 0 Å². The van der Waals surface area contributed by atoms with E-state index in [0.717, 1.165) is 0 Å². The van der Waals surface area contributed by atoms with E-state index in [1.807, 2.05) is 0 Å². The SMILES string of the molecule is C[Si](C)=[Zr+2].Cc1cc2c([cH-]1)C=CC=CC2c1ccccc1.Cc1cc2c([cH-]1)C=CC=CC2c1ccccc1.[Cl-].[Cl-]. The Labute approximate surface area is 268 Å². The van der Waals surface area contributed by atoms with Crippen molar-refractivity contribution >= 4 is 17.6 Å². The van der Waals surface area contributed by atoms with Crippen molar-refractivity contribution in [2.24, 2.45) is 0 Å². The van der Waals surface area contributed by atoms with Crippen molar-refractivity contribution in [1.29, 1.82) is 0 Å². The third kappa shape index (κ3) is 9.42. The van der Waals surface area contributed by atoms with Gasteiger partial charge in [0.05, 0.1) is 0 Å². The zero-order chi connectivity index (χ0) is 26.9. The van der Waals surface area contributed by atoms with E-state index in [9.17, 15) is 0 Å². The van der Waals surface area contributed by atoms with Gasteiger partial charge in [-0.25, -0.2) is 0 Å². The monoisotopic (exact) mass is 656 g/mol. The van der Waals surface area contributed by atoms with Crippen LogP contribution in [0.4, 0.5) is 0 Å². The molecule has 0 heterocycles. The number of fused-ring (bicyclic) bond motifs is 2. The number of allylic oxidation sites excluding steroid dienone is 6. The van der Waals surface area contributed by atoms with Gasteiger partial charge in [-0.15, -0.1) is 47.6 Å². The van der Waals surface area contributed by atoms with Crippen molar-refractivity contribution in [1.82, 2.24) is 0 Å². The molecule has 0 aliphatic heterocycles. The van der Waals surface area contributed by atoms with Gasteiger partial charge in [-0.3, -0.25) is 0 Å². The molecule has 0 saturated carbocycles. The van der Waals surface area contributed by atoms with Gasteiger partial charge < -0.3 is 24.8 Å². The van der Waals surface area contributed by atoms with Crippen LogP contribution in [-0.4, -0.2) is 5.43 Å². The number of rotatable bonds is 2. The molecule has 4 aromatic rings. The zero-order valence-electron chi connectivity index (χ0n) is 23.6. The predicted molar refractivity (Wildman–Crippen MR) is 164 cm³/mol. The Kier molecular flexibility index (Phi) is 14.4. The Morgan fingerprint density at radius 2 is 0.950 bits per heavy atom. The Morgan fingerprint density at radius 3 is 1.30 bits per heavy atom. The van der Waals surface area contributed by atoms with Crippen LogP contribution in [0.5, 0.6) is 0 Å². The van der Waals surface area contributed by atoms with E-state index in [4.69, 9.17) is 0 Å². The smallest absolute Gasteiger partial charge is 0.0144 e. The number of halogens is 2. The maximum absolute atomic E-state index is 2.31. The van der Waals surface area contributed by atoms with E-state index in [0.29, 0.717) is 11.8 Å². The summed E-state index contributed by atoms with van der Waals surface area (Å²) in [6.45, 7) is 8.94. The molecular weight excluding hydrogens is 623 g/mol. The Morgan fingerprint density at radius 1 is 0.600 bits per heavy atom. The second-order valence-corrected chi connectivity index (χ2v) is 19.5. The Balaban J connectivity index is 0.000000237. The van der Waals surface area contributed by atoms with Gasteiger partial charge in [0, 0.05) is 0 Å². The summed E-state index contributed by atoms with van der Waals surface area (Å²) in [6.07, 6.45) is 17.5. The van der Waals surface area contributed by atoms with Gasteiger partial charge in [-0.1, -0.05) is 98.8 Å². The molecule has 0 fully saturated rings. The van der Waals surface area contributed by atoms with Crippen LogP contribution in [-0.2, 0) is 23.3 Å². The average molecular weight is 659 g/mol. The summed E-state index contributed by atoms with van der Waals surface area (Å²) in [5.41, 5.74) is 11.1. The maximum atomic E-state index is 2.31. The number of benzene rings is 2. The van der Waals surface area contributed by atoms with Gasteiger partial charge in [-0.05, 0) is 23.0 Å². The molecule has 4 heteroatoms. The van der Waals surface area contributed by atoms with Crippen LogP contribution < -0.4 is 24.8 Å². The van der Waals surface area contributed by atoms with E-state index in [1.165, 1.54) is 44.5 Å². The fraction of sp³-hybridized carbons (Fsp3) is 0.167. The first-order valence-corrected chi connectivity index (χ1v) is 19.5. The van der Waals surface area contributed by atoms with Gasteiger partial charge in [-0.2, -0.15) is 34.4 Å². The summed E-state index contributed by atoms with van der Waals surface area (Å²) < 4.78 is 0. The molecule has 2 aliphatic carbocycles. The van der Waals surface area contributed by atoms with E-state index < -0.39 is 0 Å². The largest absolute Gasteiger partial charge is 1.00 e. The molecule has 0 amide bonds. The number of hydrogen-bond donors (Lipinski definition) is 0. The molecule has 0 radical (unpaired) electrons. The topological polar surface area (TPSA) is 0 Å². The summed E-state index contributed by atoms with van der Waals surface area (Å²) in [7, 11) is 0. The fourth-order valence-corrected chi connectivity index (χ4v) is 5.00. The van der Waals surface area contributed by atoms with Crippen LogP contribution >= 0.6 is 0 Å². The van der Waals surface area contributed by atoms with Crippen molar-refractivity contribution in [3.05, 3.63) is 166 Å². The third-order valence-electron chi connectivity index (χ3n) is 6.57. The maximum Gasteiger partial charge on any atom is -0.0144 e. The van der Waals surface area contributed by atoms with Crippen LogP contribution in [0.25, 0.3) is 12.2 Å². The molecule has 0 bridgehead atoms. The van der Waals surface area contributed by atoms with Gasteiger partial charge >= 0.3 is 41.9 Å². The predicted octanol–water partition coefficient (Wildman–Crippen LogP) is 3.65. The first-order chi connectivity index (χ1) is 18.4. The second kappa shape index (κ2) is 16.9. The van der Waals surface area contributed by atoms with Crippen LogP contribution in [0.3, 0.4) is 0 Å². The molecule has 2 atom stereocenters. The third-order valence-corrected chi connectivity index (χ3v) is 6.57. The quantitative estimate of drug-likeness (QED) is 0.228. The summed E-state index contributed by atoms with van der Waals surface area (Å²) in [6, 6.07) is 30.5. The minimum atomic E-state index is 0. The van der Waals surface area contributed by atoms with Gasteiger partial charge in [0.1, 0.15) is 0 Å². The summed E-state index contributed by atoms with van der Waals surface area (Å²) >= 11 is 1.74. The minimum absolute atomic E-state index is 0. The zero-order valence-corrected chi connectivity index (χ0v) is 28.6. The Hall–Kier alpha value is -2.22. The molecule has 6 rings (SSSR count). The molecular formula is C36H36Cl2SiZr-2. The normalized spacial score (nSPS) is 15.8. The van der Waals surface area contributed by atoms with Crippen LogP contribution in [0, 0.1) is 13.8 Å². The minimum Gasteiger partial charge on any atom is -1.00 e. The molecule has 0 N–H and O–H groups in total. The van der Waals surface area contributed by atoms with E-state index in [2.05, 4.69) is 160 Å². The molecule has 204 valence electrons. The summed E-state index contributed by atoms with van der Waals surface area (Å²) in [5, 5.41) is 0. The molecule has 4 aromatic carbocycles. The van der Waals surface area contributed by atoms with Gasteiger partial charge in [0.2, 0.25) is 0 Å². The van der Waals surface area contributed by atoms with E-state index in [-0.39, 0.29) is 30.2 Å². The molecule has 0 spiro atoms. The van der Waals surface area contributed by atoms with E-state index in [1.54, 1.807) is 23.3 Å². The van der Waals surface area contributed by atoms with Gasteiger partial charge in [0.25, 0.3) is 0 Å². The van der Waals surface area contributed by atoms with Crippen LogP contribution in [0.15, 0.2) is 121 Å². The Bertz CT molecular complexity index is 1360. The second-order valence-electron chi connectivity index (χ2n) is 10.2. The molecule has 2 aliphatic rings. The summed E-state index contributed by atoms with van der Waals surface area (Å²) in [5.74, 6) is 0.768. The van der Waals surface area contributed by atoms with Crippen LogP contribution in [0.1, 0.15) is 56.3 Å². The molecule has 0 saturated heterocycles. The molecule has 40 heavy (non-hydrogen) atoms. The molecule has 0 nitrogen and oxygen atoms in total. The van der Waals surface area contributed by atoms with Crippen molar-refractivity contribution in [2.45, 2.75) is 38.8 Å². The number of aryl methyl sites for hydroxylation is 2. The van der Waals surface area contributed by atoms with Crippen molar-refractivity contribution < 1.29 is 48.1 Å². The fourth-order valence-electron chi connectivity index (χ4n) is 5.00. The molecule has 0 aromatic heterocycles. The summed E-state index contributed by atoms with van der Waals surface area (Å²) in [4.78, 5) is 0. The first kappa shape index (κ1) is 34.0. The van der Waals surface area contributed by atoms with Crippen molar-refractivity contribution in [3.63, 3.8) is 0 Å². The number of hydrogen-bond acceptors (Lipinski definition) is 0. The average Bonchev–Trinajstić information content (AvgIpc) is 3.31. The molecule has 2 unspecified atom stereocenters. The van der Waals surface area contributed by atoms with Crippen LogP contribution in [0.2, 0.25) is 13.1 Å². The van der Waals surface area contributed by atoms with Crippen molar-refractivity contribution in [3.8, 4) is 0 Å². The van der Waals surface area contributed by atoms with E-state index >= 15 is 0 Å². The first-order valence-electron chi connectivity index (χ1n) is 13.3.